The van der Waals surface area contributed by atoms with Gasteiger partial charge in [-0.2, -0.15) is 0 Å². The monoisotopic (exact) mass is 733 g/mol. The minimum atomic E-state index is -0.922. The van der Waals surface area contributed by atoms with Crippen molar-refractivity contribution in [1.29, 1.82) is 0 Å². The summed E-state index contributed by atoms with van der Waals surface area (Å²) in [6, 6.07) is 14.9. The maximum Gasteiger partial charge on any atom is 0.305 e. The molecule has 0 aliphatic carbocycles. The highest BCUT2D eigenvalue weighted by Gasteiger charge is 2.37. The minimum absolute atomic E-state index is 0.0127. The zero-order valence-electron chi connectivity index (χ0n) is 29.7. The quantitative estimate of drug-likeness (QED) is 0.0986. The van der Waals surface area contributed by atoms with Crippen molar-refractivity contribution in [1.82, 2.24) is 10.6 Å². The molecule has 3 aromatic rings. The largest absolute Gasteiger partial charge is 0.493 e. The summed E-state index contributed by atoms with van der Waals surface area (Å²) in [6.45, 7) is 3.74. The number of hydrogen-bond donors (Lipinski definition) is 4. The van der Waals surface area contributed by atoms with Crippen LogP contribution in [0, 0.1) is 0 Å². The third kappa shape index (κ3) is 9.13. The number of hydrogen-bond acceptors (Lipinski definition) is 9. The van der Waals surface area contributed by atoms with Gasteiger partial charge in [-0.25, -0.2) is 0 Å². The number of carbonyl (C=O) groups excluding carboxylic acids is 5. The van der Waals surface area contributed by atoms with Gasteiger partial charge in [0.1, 0.15) is 18.7 Å². The van der Waals surface area contributed by atoms with Gasteiger partial charge in [0.05, 0.1) is 31.5 Å². The van der Waals surface area contributed by atoms with Crippen LogP contribution < -0.4 is 35.6 Å². The fourth-order valence-electron chi connectivity index (χ4n) is 6.26. The summed E-state index contributed by atoms with van der Waals surface area (Å²) in [6.07, 6.45) is 2.10. The van der Waals surface area contributed by atoms with Gasteiger partial charge in [-0.05, 0) is 74.1 Å². The number of carbonyl (C=O) groups is 5. The van der Waals surface area contributed by atoms with Crippen LogP contribution >= 0.6 is 11.6 Å². The van der Waals surface area contributed by atoms with Gasteiger partial charge in [-0.3, -0.25) is 24.0 Å². The van der Waals surface area contributed by atoms with Gasteiger partial charge >= 0.3 is 5.97 Å². The maximum absolute atomic E-state index is 13.8. The van der Waals surface area contributed by atoms with Crippen molar-refractivity contribution in [3.63, 3.8) is 0 Å². The molecule has 2 aliphatic heterocycles. The molecule has 52 heavy (non-hydrogen) atoms. The van der Waals surface area contributed by atoms with E-state index < -0.39 is 23.9 Å². The Morgan fingerprint density at radius 1 is 0.923 bits per heavy atom. The van der Waals surface area contributed by atoms with Crippen LogP contribution in [0.1, 0.15) is 66.6 Å². The Morgan fingerprint density at radius 3 is 2.40 bits per heavy atom. The first-order valence-corrected chi connectivity index (χ1v) is 17.7. The lowest BCUT2D eigenvalue weighted by Gasteiger charge is -2.22. The van der Waals surface area contributed by atoms with Gasteiger partial charge in [0.2, 0.25) is 17.7 Å². The van der Waals surface area contributed by atoms with Gasteiger partial charge in [0.25, 0.3) is 5.91 Å². The number of methoxy groups -OCH3 is 2. The third-order valence-corrected chi connectivity index (χ3v) is 9.32. The summed E-state index contributed by atoms with van der Waals surface area (Å²) < 4.78 is 16.4. The van der Waals surface area contributed by atoms with E-state index in [1.165, 1.54) is 28.1 Å². The van der Waals surface area contributed by atoms with Crippen LogP contribution in [0.5, 0.6) is 11.5 Å². The Morgan fingerprint density at radius 2 is 1.65 bits per heavy atom. The number of fused-ring (bicyclic) bond motifs is 4. The number of anilines is 3. The fourth-order valence-corrected chi connectivity index (χ4v) is 6.41. The molecule has 2 heterocycles. The van der Waals surface area contributed by atoms with E-state index in [0.717, 1.165) is 23.2 Å². The van der Waals surface area contributed by atoms with Crippen molar-refractivity contribution in [2.45, 2.75) is 76.6 Å². The number of amides is 4. The van der Waals surface area contributed by atoms with E-state index in [1.54, 1.807) is 24.3 Å². The highest BCUT2D eigenvalue weighted by Crippen LogP contribution is 2.40. The molecule has 4 amide bonds. The number of nitrogens with one attached hydrogen (secondary N) is 4. The number of rotatable bonds is 15. The molecule has 3 atom stereocenters. The topological polar surface area (TPSA) is 164 Å². The number of unbranched alkanes of at least 4 members (excludes halogenated alkanes) is 1. The second-order valence-corrected chi connectivity index (χ2v) is 13.1. The standard InChI is InChI=1S/C38H44ClN5O8/c1-22(41-34(45)11-7-8-12-35(46)51-4)36(47)42-23(2)37(48)43-27-14-24(19-39)13-25(15-27)21-52-33-18-30-29(17-32(33)50-3)38(49)44-28(20-40-30)16-26-9-5-6-10-31(26)44/h5-6,9-10,13-15,17-18,22-23,28,40H,7-8,11-12,16,19-21H2,1-4H3,(H,41,45)(H,42,47)(H,43,48). The van der Waals surface area contributed by atoms with Gasteiger partial charge in [0, 0.05) is 42.7 Å². The summed E-state index contributed by atoms with van der Waals surface area (Å²) in [5.74, 6) is -0.770. The minimum Gasteiger partial charge on any atom is -0.493 e. The first-order chi connectivity index (χ1) is 25.0. The molecule has 0 fully saturated rings. The summed E-state index contributed by atoms with van der Waals surface area (Å²) in [7, 11) is 2.82. The average molecular weight is 734 g/mol. The highest BCUT2D eigenvalue weighted by atomic mass is 35.5. The molecule has 0 spiro atoms. The van der Waals surface area contributed by atoms with Crippen molar-refractivity contribution >= 4 is 58.3 Å². The van der Waals surface area contributed by atoms with Gasteiger partial charge in [0.15, 0.2) is 11.5 Å². The average Bonchev–Trinajstić information content (AvgIpc) is 3.46. The van der Waals surface area contributed by atoms with E-state index in [-0.39, 0.29) is 49.2 Å². The second-order valence-electron chi connectivity index (χ2n) is 12.8. The first-order valence-electron chi connectivity index (χ1n) is 17.2. The predicted octanol–water partition coefficient (Wildman–Crippen LogP) is 4.69. The Kier molecular flexibility index (Phi) is 12.6. The smallest absolute Gasteiger partial charge is 0.305 e. The zero-order valence-corrected chi connectivity index (χ0v) is 30.4. The molecule has 0 saturated carbocycles. The molecule has 5 rings (SSSR count). The SMILES string of the molecule is COC(=O)CCCCC(=O)NC(C)C(=O)NC(C)C(=O)Nc1cc(CCl)cc(COc2cc3c(cc2OC)C(=O)N2c4ccccc4CC2CN3)c1. The van der Waals surface area contributed by atoms with E-state index in [1.807, 2.05) is 29.2 Å². The summed E-state index contributed by atoms with van der Waals surface area (Å²) in [5.41, 5.74) is 5.11. The van der Waals surface area contributed by atoms with Crippen molar-refractivity contribution in [3.8, 4) is 11.5 Å². The van der Waals surface area contributed by atoms with Gasteiger partial charge in [-0.1, -0.05) is 24.3 Å². The number of nitrogens with zero attached hydrogens (tertiary/aromatic N) is 1. The highest BCUT2D eigenvalue weighted by molar-refractivity contribution is 6.17. The second kappa shape index (κ2) is 17.3. The van der Waals surface area contributed by atoms with Crippen molar-refractivity contribution in [2.75, 3.05) is 36.3 Å². The molecular weight excluding hydrogens is 690 g/mol. The lowest BCUT2D eigenvalue weighted by Crippen LogP contribution is -2.50. The molecule has 0 radical (unpaired) electrons. The van der Waals surface area contributed by atoms with Crippen LogP contribution in [0.4, 0.5) is 17.1 Å². The molecule has 3 unspecified atom stereocenters. The van der Waals surface area contributed by atoms with E-state index in [0.29, 0.717) is 53.4 Å². The lowest BCUT2D eigenvalue weighted by atomic mass is 10.1. The molecular formula is C38H44ClN5O8. The first kappa shape index (κ1) is 37.9. The summed E-state index contributed by atoms with van der Waals surface area (Å²) in [4.78, 5) is 64.9. The molecule has 0 bridgehead atoms. The molecule has 0 saturated heterocycles. The Balaban J connectivity index is 1.19. The van der Waals surface area contributed by atoms with Crippen LogP contribution in [0.2, 0.25) is 0 Å². The molecule has 14 heteroatoms. The van der Waals surface area contributed by atoms with Crippen LogP contribution in [0.15, 0.2) is 54.6 Å². The number of benzene rings is 3. The van der Waals surface area contributed by atoms with Crippen molar-refractivity contribution in [2.24, 2.45) is 0 Å². The molecule has 2 aliphatic rings. The molecule has 13 nitrogen and oxygen atoms in total. The van der Waals surface area contributed by atoms with Crippen LogP contribution in [0.3, 0.4) is 0 Å². The van der Waals surface area contributed by atoms with E-state index in [4.69, 9.17) is 21.1 Å². The predicted molar refractivity (Wildman–Crippen MR) is 197 cm³/mol. The van der Waals surface area contributed by atoms with Crippen LogP contribution in [-0.2, 0) is 42.8 Å². The normalized spacial score (nSPS) is 15.4. The number of esters is 1. The maximum atomic E-state index is 13.8. The number of para-hydroxylation sites is 1. The third-order valence-electron chi connectivity index (χ3n) is 9.01. The van der Waals surface area contributed by atoms with Gasteiger partial charge in [-0.15, -0.1) is 11.6 Å². The van der Waals surface area contributed by atoms with E-state index >= 15 is 0 Å². The number of ether oxygens (including phenoxy) is 3. The van der Waals surface area contributed by atoms with E-state index in [9.17, 15) is 24.0 Å². The molecule has 4 N–H and O–H groups in total. The Hall–Kier alpha value is -5.30. The Labute approximate surface area is 307 Å². The molecule has 0 aromatic heterocycles. The van der Waals surface area contributed by atoms with Gasteiger partial charge < -0.3 is 40.4 Å². The summed E-state index contributed by atoms with van der Waals surface area (Å²) in [5, 5.41) is 11.5. The van der Waals surface area contributed by atoms with Crippen molar-refractivity contribution in [3.05, 3.63) is 76.9 Å². The van der Waals surface area contributed by atoms with E-state index in [2.05, 4.69) is 32.1 Å². The van der Waals surface area contributed by atoms with Crippen LogP contribution in [0.25, 0.3) is 0 Å². The molecule has 3 aromatic carbocycles. The van der Waals surface area contributed by atoms with Crippen molar-refractivity contribution < 1.29 is 38.2 Å². The molecule has 276 valence electrons. The summed E-state index contributed by atoms with van der Waals surface area (Å²) >= 11 is 6.19. The van der Waals surface area contributed by atoms with Crippen LogP contribution in [-0.4, -0.2) is 68.5 Å². The zero-order chi connectivity index (χ0) is 37.4. The fraction of sp³-hybridized carbons (Fsp3) is 0.395. The Bertz CT molecular complexity index is 1830. The lowest BCUT2D eigenvalue weighted by molar-refractivity contribution is -0.140. The number of alkyl halides is 1. The number of halogens is 1.